The summed E-state index contributed by atoms with van der Waals surface area (Å²) >= 11 is 6.57. The van der Waals surface area contributed by atoms with E-state index in [-0.39, 0.29) is 53.8 Å². The van der Waals surface area contributed by atoms with E-state index in [1.165, 1.54) is 0 Å². The predicted octanol–water partition coefficient (Wildman–Crippen LogP) is 6.35. The molecule has 2 heterocycles. The van der Waals surface area contributed by atoms with Crippen LogP contribution < -0.4 is 20.1 Å². The lowest BCUT2D eigenvalue weighted by Crippen LogP contribution is -2.39. The van der Waals surface area contributed by atoms with E-state index in [2.05, 4.69) is 21.6 Å². The second-order valence-electron chi connectivity index (χ2n) is 14.2. The van der Waals surface area contributed by atoms with Crippen molar-refractivity contribution in [2.75, 3.05) is 25.1 Å². The van der Waals surface area contributed by atoms with Crippen LogP contribution in [0.3, 0.4) is 0 Å². The van der Waals surface area contributed by atoms with Crippen molar-refractivity contribution in [1.29, 1.82) is 0 Å². The number of aromatic nitrogens is 2. The van der Waals surface area contributed by atoms with Crippen molar-refractivity contribution in [1.82, 2.24) is 19.8 Å². The van der Waals surface area contributed by atoms with Gasteiger partial charge >= 0.3 is 5.97 Å². The SMILES string of the molecule is CCOc1cc(OC2CCc3c(-c4cccc(NC(=O)c5nc6c(n5C)CCN(C(C)CO)C6)c4C)cccc32)c(Cl)c(F)c1CNC1(C(=O)O)CC1. The summed E-state index contributed by atoms with van der Waals surface area (Å²) in [7, 11) is 1.87. The Morgan fingerprint density at radius 1 is 1.15 bits per heavy atom. The maximum atomic E-state index is 15.8. The molecule has 0 bridgehead atoms. The van der Waals surface area contributed by atoms with E-state index in [0.717, 1.165) is 52.2 Å². The Bertz CT molecular complexity index is 2080. The monoisotopic (exact) mass is 745 g/mol. The minimum atomic E-state index is -1.05. The van der Waals surface area contributed by atoms with E-state index < -0.39 is 23.4 Å². The number of amides is 1. The molecule has 1 fully saturated rings. The smallest absolute Gasteiger partial charge is 0.323 e. The minimum absolute atomic E-state index is 0.0189. The number of nitrogens with zero attached hydrogens (tertiary/aromatic N) is 3. The molecule has 0 spiro atoms. The third kappa shape index (κ3) is 6.89. The molecule has 280 valence electrons. The normalized spacial score (nSPS) is 17.9. The number of ether oxygens (including phenoxy) is 2. The van der Waals surface area contributed by atoms with E-state index in [0.29, 0.717) is 43.7 Å². The maximum Gasteiger partial charge on any atom is 0.323 e. The van der Waals surface area contributed by atoms with E-state index in [1.54, 1.807) is 13.0 Å². The molecule has 1 amide bonds. The summed E-state index contributed by atoms with van der Waals surface area (Å²) in [4.78, 5) is 32.2. The van der Waals surface area contributed by atoms with Crippen molar-refractivity contribution < 1.29 is 33.7 Å². The number of rotatable bonds is 13. The van der Waals surface area contributed by atoms with E-state index in [1.807, 2.05) is 55.8 Å². The molecule has 0 saturated heterocycles. The van der Waals surface area contributed by atoms with Crippen molar-refractivity contribution in [2.24, 2.45) is 7.05 Å². The molecule has 53 heavy (non-hydrogen) atoms. The lowest BCUT2D eigenvalue weighted by molar-refractivity contribution is -0.140. The first-order valence-corrected chi connectivity index (χ1v) is 18.5. The van der Waals surface area contributed by atoms with Gasteiger partial charge in [-0.3, -0.25) is 19.8 Å². The van der Waals surface area contributed by atoms with Gasteiger partial charge in [0, 0.05) is 62.2 Å². The summed E-state index contributed by atoms with van der Waals surface area (Å²) in [5.74, 6) is -1.20. The van der Waals surface area contributed by atoms with Crippen molar-refractivity contribution >= 4 is 29.2 Å². The number of nitrogens with one attached hydrogen (secondary N) is 2. The number of aliphatic carboxylic acids is 1. The van der Waals surface area contributed by atoms with Gasteiger partial charge in [0.1, 0.15) is 28.2 Å². The fourth-order valence-electron chi connectivity index (χ4n) is 7.63. The fourth-order valence-corrected chi connectivity index (χ4v) is 7.84. The van der Waals surface area contributed by atoms with E-state index in [9.17, 15) is 19.8 Å². The molecule has 11 nitrogen and oxygen atoms in total. The number of hydrogen-bond donors (Lipinski definition) is 4. The zero-order chi connectivity index (χ0) is 37.6. The number of hydrogen-bond acceptors (Lipinski definition) is 8. The van der Waals surface area contributed by atoms with Gasteiger partial charge in [0.15, 0.2) is 11.6 Å². The summed E-state index contributed by atoms with van der Waals surface area (Å²) in [6.45, 7) is 7.44. The van der Waals surface area contributed by atoms with Gasteiger partial charge in [0.2, 0.25) is 0 Å². The molecule has 1 aliphatic heterocycles. The zero-order valence-corrected chi connectivity index (χ0v) is 31.1. The topological polar surface area (TPSA) is 138 Å². The molecule has 1 aromatic heterocycles. The number of carbonyl (C=O) groups is 2. The standard InChI is InChI=1S/C40H45ClFN5O6/c1-5-52-33-18-34(35(41)36(42)28(33)19-43-40(15-16-40)39(50)51)53-32-13-12-26-25(9-6-10-27(26)32)24-8-7-11-29(23(24)3)45-38(49)37-44-30-20-47(22(2)21-48)17-14-31(30)46(37)4/h6-11,18,22,32,43,48H,5,12-17,19-21H2,1-4H3,(H,45,49)(H,50,51). The van der Waals surface area contributed by atoms with Crippen LogP contribution in [-0.2, 0) is 37.8 Å². The molecule has 13 heteroatoms. The Morgan fingerprint density at radius 2 is 1.91 bits per heavy atom. The third-order valence-corrected chi connectivity index (χ3v) is 11.4. The average molecular weight is 746 g/mol. The highest BCUT2D eigenvalue weighted by atomic mass is 35.5. The summed E-state index contributed by atoms with van der Waals surface area (Å²) in [6.07, 6.45) is 2.67. The van der Waals surface area contributed by atoms with Gasteiger partial charge in [-0.15, -0.1) is 0 Å². The summed E-state index contributed by atoms with van der Waals surface area (Å²) in [6, 6.07) is 13.5. The van der Waals surface area contributed by atoms with Gasteiger partial charge < -0.3 is 29.6 Å². The first-order valence-electron chi connectivity index (χ1n) is 18.2. The van der Waals surface area contributed by atoms with Gasteiger partial charge in [0.25, 0.3) is 5.91 Å². The first kappa shape index (κ1) is 36.9. The number of imidazole rings is 1. The van der Waals surface area contributed by atoms with Crippen molar-refractivity contribution in [3.63, 3.8) is 0 Å². The van der Waals surface area contributed by atoms with Gasteiger partial charge in [0.05, 0.1) is 18.9 Å². The highest BCUT2D eigenvalue weighted by molar-refractivity contribution is 6.32. The summed E-state index contributed by atoms with van der Waals surface area (Å²) in [5, 5.41) is 25.1. The van der Waals surface area contributed by atoms with E-state index >= 15 is 4.39 Å². The average Bonchev–Trinajstić information content (AvgIpc) is 3.74. The second-order valence-corrected chi connectivity index (χ2v) is 14.6. The number of halogens is 2. The number of fused-ring (bicyclic) bond motifs is 2. The molecular weight excluding hydrogens is 701 g/mol. The highest BCUT2D eigenvalue weighted by Gasteiger charge is 2.50. The molecule has 2 atom stereocenters. The van der Waals surface area contributed by atoms with Crippen LogP contribution >= 0.6 is 11.6 Å². The highest BCUT2D eigenvalue weighted by Crippen LogP contribution is 2.45. The molecule has 3 aliphatic rings. The third-order valence-electron chi connectivity index (χ3n) is 11.0. The fraction of sp³-hybridized carbons (Fsp3) is 0.425. The Labute approximate surface area is 313 Å². The molecular formula is C40H45ClFN5O6. The van der Waals surface area contributed by atoms with E-state index in [4.69, 9.17) is 26.1 Å². The van der Waals surface area contributed by atoms with Crippen LogP contribution in [0.1, 0.15) is 83.5 Å². The zero-order valence-electron chi connectivity index (χ0n) is 30.4. The van der Waals surface area contributed by atoms with Crippen LogP contribution in [0.15, 0.2) is 42.5 Å². The van der Waals surface area contributed by atoms with Crippen molar-refractivity contribution in [3.05, 3.63) is 92.8 Å². The molecule has 4 N–H and O–H groups in total. The summed E-state index contributed by atoms with van der Waals surface area (Å²) in [5.41, 5.74) is 6.67. The Balaban J connectivity index is 1.11. The number of carbonyl (C=O) groups excluding carboxylic acids is 1. The predicted molar refractivity (Wildman–Crippen MR) is 199 cm³/mol. The number of aliphatic hydroxyl groups excluding tert-OH is 1. The van der Waals surface area contributed by atoms with Crippen molar-refractivity contribution in [2.45, 2.75) is 83.6 Å². The molecule has 4 aromatic rings. The van der Waals surface area contributed by atoms with Crippen LogP contribution in [0.25, 0.3) is 11.1 Å². The lowest BCUT2D eigenvalue weighted by atomic mass is 9.93. The molecule has 3 aromatic carbocycles. The largest absolute Gasteiger partial charge is 0.493 e. The van der Waals surface area contributed by atoms with Gasteiger partial charge in [-0.2, -0.15) is 0 Å². The van der Waals surface area contributed by atoms with Crippen LogP contribution in [0.5, 0.6) is 11.5 Å². The minimum Gasteiger partial charge on any atom is -0.493 e. The van der Waals surface area contributed by atoms with Crippen LogP contribution in [0.4, 0.5) is 10.1 Å². The van der Waals surface area contributed by atoms with Crippen LogP contribution in [-0.4, -0.2) is 67.9 Å². The van der Waals surface area contributed by atoms with Gasteiger partial charge in [-0.05, 0) is 80.3 Å². The molecule has 2 aliphatic carbocycles. The van der Waals surface area contributed by atoms with Crippen LogP contribution in [0.2, 0.25) is 5.02 Å². The number of benzene rings is 3. The van der Waals surface area contributed by atoms with Gasteiger partial charge in [-0.1, -0.05) is 41.9 Å². The maximum absolute atomic E-state index is 15.8. The number of carboxylic acid groups (broad SMARTS) is 1. The number of anilines is 1. The molecule has 2 unspecified atom stereocenters. The summed E-state index contributed by atoms with van der Waals surface area (Å²) < 4.78 is 29.9. The Kier molecular flexibility index (Phi) is 10.2. The Morgan fingerprint density at radius 3 is 2.62 bits per heavy atom. The quantitative estimate of drug-likeness (QED) is 0.123. The molecule has 0 radical (unpaired) electrons. The Hall–Kier alpha value is -4.49. The van der Waals surface area contributed by atoms with Gasteiger partial charge in [-0.25, -0.2) is 9.37 Å². The van der Waals surface area contributed by atoms with Crippen LogP contribution in [0, 0.1) is 12.7 Å². The first-order chi connectivity index (χ1) is 25.5. The molecule has 7 rings (SSSR count). The number of aliphatic hydroxyl groups is 1. The molecule has 1 saturated carbocycles. The van der Waals surface area contributed by atoms with Crippen molar-refractivity contribution in [3.8, 4) is 22.6 Å². The lowest BCUT2D eigenvalue weighted by Gasteiger charge is -2.30. The second kappa shape index (κ2) is 14.7. The number of carboxylic acids is 1.